The summed E-state index contributed by atoms with van der Waals surface area (Å²) in [5, 5.41) is 0. The second kappa shape index (κ2) is 5.45. The van der Waals surface area contributed by atoms with Gasteiger partial charge in [0.05, 0.1) is 0 Å². The Hall–Kier alpha value is 0.571. The van der Waals surface area contributed by atoms with Gasteiger partial charge in [0.2, 0.25) is 0 Å². The maximum absolute atomic E-state index is 6.04. The lowest BCUT2D eigenvalue weighted by Crippen LogP contribution is -2.45. The van der Waals surface area contributed by atoms with Gasteiger partial charge >= 0.3 is 8.56 Å². The maximum atomic E-state index is 6.04. The molecule has 0 heterocycles. The van der Waals surface area contributed by atoms with Crippen LogP contribution in [0.4, 0.5) is 0 Å². The minimum Gasteiger partial charge on any atom is -0.442 e. The van der Waals surface area contributed by atoms with E-state index in [1.165, 1.54) is 0 Å². The van der Waals surface area contributed by atoms with Crippen LogP contribution in [-0.4, -0.2) is 26.6 Å². The van der Waals surface area contributed by atoms with Gasteiger partial charge < -0.3 is 8.23 Å². The van der Waals surface area contributed by atoms with Gasteiger partial charge in [-0.05, 0) is 38.8 Å². The van der Waals surface area contributed by atoms with Crippen molar-refractivity contribution < 1.29 is 8.23 Å². The van der Waals surface area contributed by atoms with Crippen LogP contribution in [0.1, 0.15) is 13.3 Å². The van der Waals surface area contributed by atoms with Crippen LogP contribution in [-0.2, 0) is 8.23 Å². The molecule has 0 aliphatic carbocycles. The van der Waals surface area contributed by atoms with Crippen molar-refractivity contribution >= 4 is 26.6 Å². The van der Waals surface area contributed by atoms with E-state index in [0.29, 0.717) is 0 Å². The third kappa shape index (κ3) is 8.89. The summed E-state index contributed by atoms with van der Waals surface area (Å²) in [6.07, 6.45) is 1.13. The summed E-state index contributed by atoms with van der Waals surface area (Å²) in [5.41, 5.74) is 0. The van der Waals surface area contributed by atoms with Gasteiger partial charge in [-0.2, -0.15) is 0 Å². The largest absolute Gasteiger partial charge is 0.442 e. The Morgan fingerprint density at radius 3 is 2.08 bits per heavy atom. The normalized spacial score (nSPS) is 14.3. The van der Waals surface area contributed by atoms with E-state index in [2.05, 4.69) is 45.7 Å². The molecule has 0 fully saturated rings. The minimum atomic E-state index is -1.78. The van der Waals surface area contributed by atoms with E-state index >= 15 is 0 Å². The van der Waals surface area contributed by atoms with E-state index in [1.54, 1.807) is 0 Å². The zero-order valence-corrected chi connectivity index (χ0v) is 13.2. The first kappa shape index (κ1) is 13.6. The second-order valence-corrected chi connectivity index (χ2v) is 14.5. The first-order valence-electron chi connectivity index (χ1n) is 4.92. The summed E-state index contributed by atoms with van der Waals surface area (Å²) in [4.78, 5) is 0. The Morgan fingerprint density at radius 2 is 1.69 bits per heavy atom. The highest BCUT2D eigenvalue weighted by atomic mass is 28.5. The van der Waals surface area contributed by atoms with Crippen molar-refractivity contribution in [3.8, 4) is 0 Å². The molecule has 0 aromatic rings. The molecule has 0 spiro atoms. The quantitative estimate of drug-likeness (QED) is 0.519. The van der Waals surface area contributed by atoms with Crippen LogP contribution in [0.2, 0.25) is 32.7 Å². The van der Waals surface area contributed by atoms with E-state index in [4.69, 9.17) is 8.23 Å². The molecule has 0 aliphatic heterocycles. The van der Waals surface area contributed by atoms with Crippen LogP contribution in [0.3, 0.4) is 0 Å². The third-order valence-electron chi connectivity index (χ3n) is 1.39. The fourth-order valence-corrected chi connectivity index (χ4v) is 10.1. The molecule has 0 unspecified atom stereocenters. The number of hydrogen-bond donors (Lipinski definition) is 0. The second-order valence-electron chi connectivity index (χ2n) is 4.62. The van der Waals surface area contributed by atoms with Gasteiger partial charge in [0.25, 0.3) is 0 Å². The van der Waals surface area contributed by atoms with E-state index < -0.39 is 26.6 Å². The molecule has 0 N–H and O–H groups in total. The Bertz CT molecular complexity index is 143. The molecule has 0 bridgehead atoms. The average Bonchev–Trinajstić information content (AvgIpc) is 1.81. The minimum absolute atomic E-state index is 0.428. The molecular formula is C8H23O2Si3. The van der Waals surface area contributed by atoms with E-state index in [0.717, 1.165) is 6.42 Å². The standard InChI is InChI=1S/C8H23O2Si3/c1-7-8-11-9-13(5,6)10-12(2,3)4/h8H,7,11H2,1-6H3. The molecule has 0 saturated heterocycles. The molecule has 1 radical (unpaired) electrons. The summed E-state index contributed by atoms with van der Waals surface area (Å²) in [7, 11) is -3.62. The fraction of sp³-hybridized carbons (Fsp3) is 0.875. The molecule has 2 nitrogen and oxygen atoms in total. The topological polar surface area (TPSA) is 18.5 Å². The molecular weight excluding hydrogens is 212 g/mol. The predicted octanol–water partition coefficient (Wildman–Crippen LogP) is 2.21. The van der Waals surface area contributed by atoms with Crippen molar-refractivity contribution in [2.75, 3.05) is 0 Å². The third-order valence-corrected chi connectivity index (χ3v) is 10.1. The van der Waals surface area contributed by atoms with E-state index in [1.807, 2.05) is 0 Å². The van der Waals surface area contributed by atoms with Crippen LogP contribution >= 0.6 is 0 Å². The van der Waals surface area contributed by atoms with Gasteiger partial charge in [-0.25, -0.2) is 0 Å². The molecule has 0 amide bonds. The zero-order chi connectivity index (χ0) is 10.5. The van der Waals surface area contributed by atoms with Crippen LogP contribution in [0.15, 0.2) is 0 Å². The molecule has 0 atom stereocenters. The SMILES string of the molecule is CC[CH][SiH2]O[Si](C)(C)O[Si](C)(C)C. The summed E-state index contributed by atoms with van der Waals surface area (Å²) in [6, 6.07) is 2.28. The van der Waals surface area contributed by atoms with Crippen molar-refractivity contribution in [1.29, 1.82) is 0 Å². The van der Waals surface area contributed by atoms with Gasteiger partial charge in [0, 0.05) is 0 Å². The van der Waals surface area contributed by atoms with E-state index in [-0.39, 0.29) is 0 Å². The molecule has 0 rings (SSSR count). The average molecular weight is 236 g/mol. The van der Waals surface area contributed by atoms with Crippen molar-refractivity contribution in [1.82, 2.24) is 0 Å². The molecule has 5 heteroatoms. The Morgan fingerprint density at radius 1 is 1.15 bits per heavy atom. The monoisotopic (exact) mass is 235 g/mol. The lowest BCUT2D eigenvalue weighted by atomic mass is 10.6. The smallest absolute Gasteiger partial charge is 0.310 e. The maximum Gasteiger partial charge on any atom is 0.310 e. The van der Waals surface area contributed by atoms with Gasteiger partial charge in [-0.3, -0.25) is 0 Å². The first-order chi connectivity index (χ1) is 5.77. The number of hydrogen-bond acceptors (Lipinski definition) is 2. The van der Waals surface area contributed by atoms with Gasteiger partial charge in [0.15, 0.2) is 18.1 Å². The molecule has 13 heavy (non-hydrogen) atoms. The van der Waals surface area contributed by atoms with Crippen LogP contribution in [0.25, 0.3) is 0 Å². The van der Waals surface area contributed by atoms with Crippen LogP contribution < -0.4 is 0 Å². The lowest BCUT2D eigenvalue weighted by Gasteiger charge is -2.31. The summed E-state index contributed by atoms with van der Waals surface area (Å²) in [5.74, 6) is 0. The zero-order valence-electron chi connectivity index (χ0n) is 9.81. The summed E-state index contributed by atoms with van der Waals surface area (Å²) >= 11 is 0. The number of rotatable bonds is 6. The van der Waals surface area contributed by atoms with Crippen LogP contribution in [0, 0.1) is 6.04 Å². The molecule has 0 aliphatic rings. The summed E-state index contributed by atoms with van der Waals surface area (Å²) in [6.45, 7) is 13.1. The Kier molecular flexibility index (Phi) is 5.69. The fourth-order valence-electron chi connectivity index (χ4n) is 1.14. The Balaban J connectivity index is 3.80. The Labute approximate surface area is 87.4 Å². The van der Waals surface area contributed by atoms with Crippen molar-refractivity contribution in [2.45, 2.75) is 46.1 Å². The van der Waals surface area contributed by atoms with Crippen LogP contribution in [0.5, 0.6) is 0 Å². The molecule has 79 valence electrons. The lowest BCUT2D eigenvalue weighted by molar-refractivity contribution is 0.412. The predicted molar refractivity (Wildman–Crippen MR) is 66.1 cm³/mol. The highest BCUT2D eigenvalue weighted by Gasteiger charge is 2.30. The van der Waals surface area contributed by atoms with Crippen molar-refractivity contribution in [2.24, 2.45) is 0 Å². The van der Waals surface area contributed by atoms with Crippen molar-refractivity contribution in [3.05, 3.63) is 6.04 Å². The first-order valence-corrected chi connectivity index (χ1v) is 12.5. The molecule has 0 saturated carbocycles. The van der Waals surface area contributed by atoms with E-state index in [9.17, 15) is 0 Å². The van der Waals surface area contributed by atoms with Gasteiger partial charge in [-0.1, -0.05) is 13.3 Å². The molecule has 0 aromatic carbocycles. The molecule has 0 aromatic heterocycles. The van der Waals surface area contributed by atoms with Crippen molar-refractivity contribution in [3.63, 3.8) is 0 Å². The van der Waals surface area contributed by atoms with Gasteiger partial charge in [0.1, 0.15) is 0 Å². The van der Waals surface area contributed by atoms with Gasteiger partial charge in [-0.15, -0.1) is 0 Å². The highest BCUT2D eigenvalue weighted by molar-refractivity contribution is 6.83. The summed E-state index contributed by atoms with van der Waals surface area (Å²) < 4.78 is 11.9. The highest BCUT2D eigenvalue weighted by Crippen LogP contribution is 2.14.